The maximum Gasteiger partial charge on any atom is 0.296 e. The Morgan fingerprint density at radius 2 is 1.84 bits per heavy atom. The quantitative estimate of drug-likeness (QED) is 0.265. The number of nitrogens with zero attached hydrogens (tertiary/aromatic N) is 3. The number of aromatic nitrogens is 2. The van der Waals surface area contributed by atoms with E-state index >= 15 is 0 Å². The third kappa shape index (κ3) is 9.43. The largest absolute Gasteiger partial charge is 0.408 e. The third-order valence-corrected chi connectivity index (χ3v) is 7.16. The first-order chi connectivity index (χ1) is 17.7. The van der Waals surface area contributed by atoms with Gasteiger partial charge in [-0.25, -0.2) is 0 Å². The van der Waals surface area contributed by atoms with Crippen LogP contribution in [0, 0.1) is 23.7 Å². The molecule has 1 aliphatic heterocycles. The topological polar surface area (TPSA) is 127 Å². The lowest BCUT2D eigenvalue weighted by Gasteiger charge is -2.32. The normalized spacial score (nSPS) is 21.2. The molecule has 0 aromatic carbocycles. The molecular weight excluding hydrogens is 494 g/mol. The van der Waals surface area contributed by atoms with Gasteiger partial charge in [-0.15, -0.1) is 10.2 Å². The number of ketones is 1. The van der Waals surface area contributed by atoms with Crippen molar-refractivity contribution in [2.24, 2.45) is 11.8 Å². The molecule has 204 valence electrons. The molecule has 1 aromatic rings. The van der Waals surface area contributed by atoms with E-state index in [1.807, 2.05) is 27.7 Å². The van der Waals surface area contributed by atoms with Crippen molar-refractivity contribution < 1.29 is 23.5 Å². The maximum absolute atomic E-state index is 13.3. The molecule has 2 heterocycles. The van der Waals surface area contributed by atoms with E-state index in [-0.39, 0.29) is 34.9 Å². The SMILES string of the molecule is CC(C)CC(NC(=O)[C@@H]1CCCC[C@@H]1NC(=O)C#CCN1CCOCC1)C(=O)c1nnc(SC(C)C)o1. The summed E-state index contributed by atoms with van der Waals surface area (Å²) in [6, 6.07) is -1.11. The van der Waals surface area contributed by atoms with Crippen LogP contribution in [-0.2, 0) is 14.3 Å². The van der Waals surface area contributed by atoms with Crippen LogP contribution in [-0.4, -0.2) is 82.9 Å². The van der Waals surface area contributed by atoms with Crippen LogP contribution in [0.4, 0.5) is 0 Å². The van der Waals surface area contributed by atoms with E-state index in [0.29, 0.717) is 44.2 Å². The second-order valence-corrected chi connectivity index (χ2v) is 11.8. The zero-order valence-corrected chi connectivity index (χ0v) is 23.1. The van der Waals surface area contributed by atoms with Crippen molar-refractivity contribution >= 4 is 29.4 Å². The Bertz CT molecular complexity index is 979. The first kappa shape index (κ1) is 29.1. The molecule has 3 atom stereocenters. The first-order valence-corrected chi connectivity index (χ1v) is 14.0. The second-order valence-electron chi connectivity index (χ2n) is 10.3. The number of thioether (sulfide) groups is 1. The van der Waals surface area contributed by atoms with Crippen LogP contribution >= 0.6 is 11.8 Å². The predicted octanol–water partition coefficient (Wildman–Crippen LogP) is 2.29. The Morgan fingerprint density at radius 3 is 2.54 bits per heavy atom. The van der Waals surface area contributed by atoms with Crippen molar-refractivity contribution in [3.63, 3.8) is 0 Å². The van der Waals surface area contributed by atoms with E-state index in [0.717, 1.165) is 25.9 Å². The zero-order chi connectivity index (χ0) is 26.8. The highest BCUT2D eigenvalue weighted by Crippen LogP contribution is 2.26. The predicted molar refractivity (Wildman–Crippen MR) is 140 cm³/mol. The number of nitrogens with one attached hydrogen (secondary N) is 2. The summed E-state index contributed by atoms with van der Waals surface area (Å²) in [7, 11) is 0. The molecule has 2 N–H and O–H groups in total. The van der Waals surface area contributed by atoms with Crippen LogP contribution in [0.1, 0.15) is 70.5 Å². The maximum atomic E-state index is 13.3. The van der Waals surface area contributed by atoms with Gasteiger partial charge in [0.05, 0.1) is 31.7 Å². The highest BCUT2D eigenvalue weighted by molar-refractivity contribution is 7.99. The molecule has 37 heavy (non-hydrogen) atoms. The van der Waals surface area contributed by atoms with Crippen molar-refractivity contribution in [1.82, 2.24) is 25.7 Å². The molecule has 2 aliphatic rings. The molecule has 0 radical (unpaired) electrons. The van der Waals surface area contributed by atoms with Gasteiger partial charge in [-0.3, -0.25) is 19.3 Å². The van der Waals surface area contributed by atoms with Crippen LogP contribution in [0.15, 0.2) is 9.64 Å². The summed E-state index contributed by atoms with van der Waals surface area (Å²) in [4.78, 5) is 41.2. The third-order valence-electron chi connectivity index (χ3n) is 6.32. The molecule has 1 unspecified atom stereocenters. The van der Waals surface area contributed by atoms with E-state index in [4.69, 9.17) is 9.15 Å². The second kappa shape index (κ2) is 14.5. The standard InChI is InChI=1S/C26H39N5O5S/c1-17(2)16-21(23(33)25-29-30-26(36-25)37-18(3)4)28-24(34)19-8-5-6-9-20(19)27-22(32)10-7-11-31-12-14-35-15-13-31/h17-21H,5-6,8-9,11-16H2,1-4H3,(H,27,32)(H,28,34)/t19-,20+,21?/m1/s1. The van der Waals surface area contributed by atoms with Gasteiger partial charge in [-0.2, -0.15) is 0 Å². The minimum atomic E-state index is -0.781. The minimum absolute atomic E-state index is 0.0989. The highest BCUT2D eigenvalue weighted by atomic mass is 32.2. The fraction of sp³-hybridized carbons (Fsp3) is 0.731. The number of rotatable bonds is 10. The van der Waals surface area contributed by atoms with E-state index in [1.165, 1.54) is 11.8 Å². The summed E-state index contributed by atoms with van der Waals surface area (Å²) in [6.07, 6.45) is 3.57. The number of Topliss-reactive ketones (excluding diaryl/α,β-unsaturated/α-hetero) is 1. The monoisotopic (exact) mass is 533 g/mol. The lowest BCUT2D eigenvalue weighted by atomic mass is 9.83. The van der Waals surface area contributed by atoms with Gasteiger partial charge >= 0.3 is 0 Å². The Kier molecular flexibility index (Phi) is 11.4. The summed E-state index contributed by atoms with van der Waals surface area (Å²) in [5.41, 5.74) is 0. The van der Waals surface area contributed by atoms with Crippen molar-refractivity contribution in [1.29, 1.82) is 0 Å². The zero-order valence-electron chi connectivity index (χ0n) is 22.2. The van der Waals surface area contributed by atoms with Crippen LogP contribution in [0.5, 0.6) is 0 Å². The van der Waals surface area contributed by atoms with Crippen molar-refractivity contribution in [2.45, 2.75) is 82.4 Å². The van der Waals surface area contributed by atoms with E-state index in [2.05, 4.69) is 37.6 Å². The van der Waals surface area contributed by atoms with Crippen molar-refractivity contribution in [2.75, 3.05) is 32.8 Å². The molecule has 0 spiro atoms. The van der Waals surface area contributed by atoms with Crippen LogP contribution in [0.25, 0.3) is 0 Å². The summed E-state index contributed by atoms with van der Waals surface area (Å²) in [5, 5.41) is 14.3. The number of ether oxygens (including phenoxy) is 1. The van der Waals surface area contributed by atoms with Gasteiger partial charge in [0.1, 0.15) is 0 Å². The number of amides is 2. The summed E-state index contributed by atoms with van der Waals surface area (Å²) in [6.45, 7) is 11.4. The molecule has 0 bridgehead atoms. The highest BCUT2D eigenvalue weighted by Gasteiger charge is 2.35. The summed E-state index contributed by atoms with van der Waals surface area (Å²) < 4.78 is 10.9. The molecule has 11 heteroatoms. The van der Waals surface area contributed by atoms with Crippen LogP contribution in [0.2, 0.25) is 0 Å². The summed E-state index contributed by atoms with van der Waals surface area (Å²) >= 11 is 1.38. The number of carbonyl (C=O) groups is 3. The van der Waals surface area contributed by atoms with Crippen LogP contribution < -0.4 is 10.6 Å². The Hall–Kier alpha value is -2.42. The van der Waals surface area contributed by atoms with Gasteiger partial charge < -0.3 is 19.8 Å². The number of carbonyl (C=O) groups excluding carboxylic acids is 3. The number of morpholine rings is 1. The van der Waals surface area contributed by atoms with Gasteiger partial charge in [-0.1, -0.05) is 58.2 Å². The molecule has 10 nitrogen and oxygen atoms in total. The fourth-order valence-electron chi connectivity index (χ4n) is 4.50. The Balaban J connectivity index is 1.61. The molecule has 1 saturated heterocycles. The molecule has 1 saturated carbocycles. The van der Waals surface area contributed by atoms with E-state index < -0.39 is 17.7 Å². The van der Waals surface area contributed by atoms with Crippen LogP contribution in [0.3, 0.4) is 0 Å². The lowest BCUT2D eigenvalue weighted by Crippen LogP contribution is -2.51. The smallest absolute Gasteiger partial charge is 0.296 e. The molecule has 2 fully saturated rings. The van der Waals surface area contributed by atoms with Gasteiger partial charge in [0.15, 0.2) is 0 Å². The average Bonchev–Trinajstić information content (AvgIpc) is 3.31. The molecular formula is C26H39N5O5S. The summed E-state index contributed by atoms with van der Waals surface area (Å²) in [5.74, 6) is 4.19. The van der Waals surface area contributed by atoms with Crippen molar-refractivity contribution in [3.05, 3.63) is 5.89 Å². The molecule has 3 rings (SSSR count). The Morgan fingerprint density at radius 1 is 1.11 bits per heavy atom. The van der Waals surface area contributed by atoms with Gasteiger partial charge in [0.2, 0.25) is 11.7 Å². The lowest BCUT2D eigenvalue weighted by molar-refractivity contribution is -0.128. The molecule has 2 amide bonds. The average molecular weight is 534 g/mol. The Labute approximate surface area is 223 Å². The van der Waals surface area contributed by atoms with E-state index in [1.54, 1.807) is 0 Å². The molecule has 1 aliphatic carbocycles. The number of hydrogen-bond acceptors (Lipinski definition) is 9. The first-order valence-electron chi connectivity index (χ1n) is 13.2. The van der Waals surface area contributed by atoms with Gasteiger partial charge in [0.25, 0.3) is 17.0 Å². The molecule has 1 aromatic heterocycles. The van der Waals surface area contributed by atoms with Crippen molar-refractivity contribution in [3.8, 4) is 11.8 Å². The number of hydrogen-bond donors (Lipinski definition) is 2. The van der Waals surface area contributed by atoms with E-state index in [9.17, 15) is 14.4 Å². The minimum Gasteiger partial charge on any atom is -0.408 e. The van der Waals surface area contributed by atoms with Gasteiger partial charge in [-0.05, 0) is 31.1 Å². The van der Waals surface area contributed by atoms with Gasteiger partial charge in [0, 0.05) is 24.4 Å². The fourth-order valence-corrected chi connectivity index (χ4v) is 5.12.